The highest BCUT2D eigenvalue weighted by atomic mass is 19.1. The predicted molar refractivity (Wildman–Crippen MR) is 93.1 cm³/mol. The Hall–Kier alpha value is -3.13. The molecule has 0 aliphatic heterocycles. The van der Waals surface area contributed by atoms with E-state index in [1.54, 1.807) is 29.1 Å². The van der Waals surface area contributed by atoms with Gasteiger partial charge in [0.15, 0.2) is 0 Å². The van der Waals surface area contributed by atoms with Crippen LogP contribution in [0.15, 0.2) is 48.7 Å². The van der Waals surface area contributed by atoms with Gasteiger partial charge in [-0.2, -0.15) is 0 Å². The van der Waals surface area contributed by atoms with Gasteiger partial charge >= 0.3 is 0 Å². The summed E-state index contributed by atoms with van der Waals surface area (Å²) in [5.74, 6) is -2.22. The Bertz CT molecular complexity index is 919. The van der Waals surface area contributed by atoms with Crippen molar-refractivity contribution in [3.63, 3.8) is 0 Å². The van der Waals surface area contributed by atoms with Crippen LogP contribution in [0, 0.1) is 11.6 Å². The van der Waals surface area contributed by atoms with E-state index in [9.17, 15) is 13.6 Å². The molecule has 0 fully saturated rings. The van der Waals surface area contributed by atoms with Gasteiger partial charge < -0.3 is 10.2 Å². The van der Waals surface area contributed by atoms with Crippen LogP contribution in [0.4, 0.5) is 14.5 Å². The van der Waals surface area contributed by atoms with Gasteiger partial charge in [0.05, 0.1) is 17.6 Å². The van der Waals surface area contributed by atoms with Gasteiger partial charge in [-0.1, -0.05) is 11.3 Å². The molecule has 0 spiro atoms. The van der Waals surface area contributed by atoms with Crippen molar-refractivity contribution in [2.45, 2.75) is 6.54 Å². The van der Waals surface area contributed by atoms with E-state index >= 15 is 0 Å². The molecule has 134 valence electrons. The van der Waals surface area contributed by atoms with Crippen molar-refractivity contribution in [1.82, 2.24) is 19.9 Å². The highest BCUT2D eigenvalue weighted by Crippen LogP contribution is 2.16. The molecule has 2 aromatic carbocycles. The first-order chi connectivity index (χ1) is 12.4. The zero-order chi connectivity index (χ0) is 18.7. The number of nitrogens with one attached hydrogen (secondary N) is 1. The van der Waals surface area contributed by atoms with Gasteiger partial charge in [-0.05, 0) is 44.4 Å². The van der Waals surface area contributed by atoms with Gasteiger partial charge in [0.2, 0.25) is 0 Å². The second kappa shape index (κ2) is 7.40. The number of hydrogen-bond donors (Lipinski definition) is 1. The maximum atomic E-state index is 13.3. The number of aromatic nitrogens is 3. The van der Waals surface area contributed by atoms with Crippen molar-refractivity contribution in [3.05, 3.63) is 71.6 Å². The Balaban J connectivity index is 1.79. The lowest BCUT2D eigenvalue weighted by Crippen LogP contribution is -2.13. The van der Waals surface area contributed by atoms with Crippen LogP contribution in [0.2, 0.25) is 0 Å². The summed E-state index contributed by atoms with van der Waals surface area (Å²) < 4.78 is 28.1. The number of halogens is 2. The molecule has 0 aliphatic rings. The highest BCUT2D eigenvalue weighted by Gasteiger charge is 2.11. The lowest BCUT2D eigenvalue weighted by molar-refractivity contribution is 0.102. The summed E-state index contributed by atoms with van der Waals surface area (Å²) in [5, 5.41) is 10.8. The normalized spacial score (nSPS) is 11.0. The minimum absolute atomic E-state index is 0.0954. The smallest absolute Gasteiger partial charge is 0.255 e. The Labute approximate surface area is 149 Å². The average Bonchev–Trinajstić information content (AvgIpc) is 3.02. The van der Waals surface area contributed by atoms with Gasteiger partial charge in [0.25, 0.3) is 5.91 Å². The van der Waals surface area contributed by atoms with Crippen molar-refractivity contribution in [3.8, 4) is 5.69 Å². The van der Waals surface area contributed by atoms with Crippen LogP contribution in [0.5, 0.6) is 0 Å². The lowest BCUT2D eigenvalue weighted by atomic mass is 10.2. The summed E-state index contributed by atoms with van der Waals surface area (Å²) in [6.07, 6.45) is 1.79. The summed E-state index contributed by atoms with van der Waals surface area (Å²) >= 11 is 0. The maximum Gasteiger partial charge on any atom is 0.255 e. The average molecular weight is 357 g/mol. The van der Waals surface area contributed by atoms with Gasteiger partial charge in [0.1, 0.15) is 11.6 Å². The van der Waals surface area contributed by atoms with Crippen molar-refractivity contribution >= 4 is 11.6 Å². The number of amides is 1. The van der Waals surface area contributed by atoms with E-state index in [1.165, 1.54) is 0 Å². The SMILES string of the molecule is CN(C)Cc1cn(-c2cccc(NC(=O)c3cc(F)cc(F)c3)c2)nn1. The Morgan fingerprint density at radius 1 is 1.15 bits per heavy atom. The second-order valence-corrected chi connectivity index (χ2v) is 6.05. The molecule has 3 aromatic rings. The quantitative estimate of drug-likeness (QED) is 0.763. The van der Waals surface area contributed by atoms with Gasteiger partial charge in [-0.25, -0.2) is 13.5 Å². The van der Waals surface area contributed by atoms with Crippen LogP contribution >= 0.6 is 0 Å². The fourth-order valence-electron chi connectivity index (χ4n) is 2.44. The standard InChI is InChI=1S/C18H17F2N5O/c1-24(2)10-16-11-25(23-22-16)17-5-3-4-15(9-17)21-18(26)12-6-13(19)8-14(20)7-12/h3-9,11H,10H2,1-2H3,(H,21,26). The van der Waals surface area contributed by atoms with Gasteiger partial charge in [-0.3, -0.25) is 4.79 Å². The van der Waals surface area contributed by atoms with Gasteiger partial charge in [0, 0.05) is 23.9 Å². The first kappa shape index (κ1) is 17.7. The summed E-state index contributed by atoms with van der Waals surface area (Å²) in [5.41, 5.74) is 1.88. The van der Waals surface area contributed by atoms with Crippen molar-refractivity contribution < 1.29 is 13.6 Å². The molecule has 1 aromatic heterocycles. The van der Waals surface area contributed by atoms with E-state index in [0.29, 0.717) is 24.0 Å². The Morgan fingerprint density at radius 3 is 2.58 bits per heavy atom. The molecule has 0 saturated heterocycles. The van der Waals surface area contributed by atoms with Crippen LogP contribution in [0.3, 0.4) is 0 Å². The molecule has 0 unspecified atom stereocenters. The first-order valence-electron chi connectivity index (χ1n) is 7.84. The van der Waals surface area contributed by atoms with Crippen LogP contribution in [0.25, 0.3) is 5.69 Å². The molecule has 0 aliphatic carbocycles. The highest BCUT2D eigenvalue weighted by molar-refractivity contribution is 6.04. The van der Waals surface area contributed by atoms with Crippen LogP contribution in [-0.4, -0.2) is 39.9 Å². The molecule has 1 N–H and O–H groups in total. The summed E-state index contributed by atoms with van der Waals surface area (Å²) in [4.78, 5) is 14.2. The van der Waals surface area contributed by atoms with E-state index in [0.717, 1.165) is 17.8 Å². The summed E-state index contributed by atoms with van der Waals surface area (Å²) in [6.45, 7) is 0.654. The zero-order valence-electron chi connectivity index (χ0n) is 14.3. The molecular weight excluding hydrogens is 340 g/mol. The number of benzene rings is 2. The number of rotatable bonds is 5. The molecule has 26 heavy (non-hydrogen) atoms. The topological polar surface area (TPSA) is 63.0 Å². The minimum Gasteiger partial charge on any atom is -0.322 e. The van der Waals surface area contributed by atoms with Crippen molar-refractivity contribution in [1.29, 1.82) is 0 Å². The van der Waals surface area contributed by atoms with Crippen LogP contribution in [0.1, 0.15) is 16.1 Å². The molecule has 0 atom stereocenters. The maximum absolute atomic E-state index is 13.3. The van der Waals surface area contributed by atoms with E-state index in [1.807, 2.05) is 25.1 Å². The Morgan fingerprint density at radius 2 is 1.88 bits per heavy atom. The predicted octanol–water partition coefficient (Wildman–Crippen LogP) is 2.86. The molecule has 1 amide bonds. The largest absolute Gasteiger partial charge is 0.322 e. The fourth-order valence-corrected chi connectivity index (χ4v) is 2.44. The first-order valence-corrected chi connectivity index (χ1v) is 7.84. The third-order valence-corrected chi connectivity index (χ3v) is 3.51. The third-order valence-electron chi connectivity index (χ3n) is 3.51. The molecule has 1 heterocycles. The minimum atomic E-state index is -0.806. The van der Waals surface area contributed by atoms with Crippen molar-refractivity contribution in [2.75, 3.05) is 19.4 Å². The number of nitrogens with zero attached hydrogens (tertiary/aromatic N) is 4. The number of hydrogen-bond acceptors (Lipinski definition) is 4. The summed E-state index contributed by atoms with van der Waals surface area (Å²) in [6, 6.07) is 9.60. The second-order valence-electron chi connectivity index (χ2n) is 6.05. The summed E-state index contributed by atoms with van der Waals surface area (Å²) in [7, 11) is 3.87. The van der Waals surface area contributed by atoms with Gasteiger partial charge in [-0.15, -0.1) is 5.10 Å². The molecule has 0 saturated carbocycles. The number of carbonyl (C=O) groups excluding carboxylic acids is 1. The number of anilines is 1. The van der Waals surface area contributed by atoms with E-state index < -0.39 is 17.5 Å². The van der Waals surface area contributed by atoms with Crippen LogP contribution < -0.4 is 5.32 Å². The number of carbonyl (C=O) groups is 1. The molecular formula is C18H17F2N5O. The molecule has 0 radical (unpaired) electrons. The van der Waals surface area contributed by atoms with Crippen molar-refractivity contribution in [2.24, 2.45) is 0 Å². The van der Waals surface area contributed by atoms with E-state index in [4.69, 9.17) is 0 Å². The van der Waals surface area contributed by atoms with Crippen LogP contribution in [-0.2, 0) is 6.54 Å². The monoisotopic (exact) mass is 357 g/mol. The van der Waals surface area contributed by atoms with E-state index in [2.05, 4.69) is 15.6 Å². The fraction of sp³-hybridized carbons (Fsp3) is 0.167. The zero-order valence-corrected chi connectivity index (χ0v) is 14.3. The lowest BCUT2D eigenvalue weighted by Gasteiger charge is -2.08. The molecule has 6 nitrogen and oxygen atoms in total. The molecule has 8 heteroatoms. The third kappa shape index (κ3) is 4.28. The molecule has 3 rings (SSSR count). The Kier molecular flexibility index (Phi) is 5.04. The molecule has 0 bridgehead atoms. The van der Waals surface area contributed by atoms with E-state index in [-0.39, 0.29) is 5.56 Å².